The van der Waals surface area contributed by atoms with Crippen LogP contribution in [-0.4, -0.2) is 20.8 Å². The summed E-state index contributed by atoms with van der Waals surface area (Å²) in [5.41, 5.74) is 2.54. The van der Waals surface area contributed by atoms with Crippen LogP contribution < -0.4 is 0 Å². The van der Waals surface area contributed by atoms with Crippen molar-refractivity contribution in [1.29, 1.82) is 0 Å². The molecule has 4 heteroatoms. The van der Waals surface area contributed by atoms with Gasteiger partial charge in [0.2, 0.25) is 0 Å². The summed E-state index contributed by atoms with van der Waals surface area (Å²) < 4.78 is 0. The van der Waals surface area contributed by atoms with E-state index >= 15 is 0 Å². The van der Waals surface area contributed by atoms with E-state index in [9.17, 15) is 4.79 Å². The normalized spacial score (nSPS) is 10.9. The van der Waals surface area contributed by atoms with E-state index in [1.54, 1.807) is 6.92 Å². The van der Waals surface area contributed by atoms with Crippen LogP contribution in [-0.2, 0) is 11.2 Å². The monoisotopic (exact) mass is 327 g/mol. The second-order valence-electron chi connectivity index (χ2n) is 5.61. The number of carbonyl (C=O) groups excluding carboxylic acids is 1. The Morgan fingerprint density at radius 2 is 1.74 bits per heavy atom. The highest BCUT2D eigenvalue weighted by Gasteiger charge is 2.11. The zero-order valence-electron chi connectivity index (χ0n) is 13.5. The molecule has 0 N–H and O–H groups in total. The van der Waals surface area contributed by atoms with Gasteiger partial charge >= 0.3 is 0 Å². The smallest absolute Gasteiger partial charge is 0.185 e. The van der Waals surface area contributed by atoms with Crippen LogP contribution >= 0.6 is 11.8 Å². The number of pyridine rings is 2. The van der Waals surface area contributed by atoms with Crippen molar-refractivity contribution in [3.05, 3.63) is 66.6 Å². The fraction of sp³-hybridized carbons (Fsp3) is 0.368. The Morgan fingerprint density at radius 1 is 1.09 bits per heavy atom. The molecule has 0 aliphatic heterocycles. The molecule has 0 aromatic carbocycles. The minimum absolute atomic E-state index is 0.205. The molecule has 2 heterocycles. The second-order valence-corrected chi connectivity index (χ2v) is 6.88. The highest BCUT2D eigenvalue weighted by atomic mass is 32.2. The van der Waals surface area contributed by atoms with Crippen LogP contribution in [0.5, 0.6) is 0 Å². The highest BCUT2D eigenvalue weighted by molar-refractivity contribution is 8.13. The fourth-order valence-electron chi connectivity index (χ4n) is 2.47. The van der Waals surface area contributed by atoms with Gasteiger partial charge in [0.15, 0.2) is 5.12 Å². The Hall–Kier alpha value is -1.68. The highest BCUT2D eigenvalue weighted by Crippen LogP contribution is 2.22. The number of hydrogen-bond acceptors (Lipinski definition) is 4. The average Bonchev–Trinajstić information content (AvgIpc) is 2.58. The largest absolute Gasteiger partial charge is 0.288 e. The van der Waals surface area contributed by atoms with Gasteiger partial charge in [-0.05, 0) is 73.4 Å². The SMILES string of the molecule is CC(=O)SCCC(C[CH]c1ccncc1)CCc1ccncc1. The Morgan fingerprint density at radius 3 is 2.39 bits per heavy atom. The minimum Gasteiger partial charge on any atom is -0.288 e. The summed E-state index contributed by atoms with van der Waals surface area (Å²) in [6.45, 7) is 1.64. The summed E-state index contributed by atoms with van der Waals surface area (Å²) >= 11 is 1.43. The van der Waals surface area contributed by atoms with Crippen LogP contribution in [0.3, 0.4) is 0 Å². The van der Waals surface area contributed by atoms with Crippen molar-refractivity contribution in [2.24, 2.45) is 5.92 Å². The summed E-state index contributed by atoms with van der Waals surface area (Å²) in [5.74, 6) is 1.49. The Bertz CT molecular complexity index is 531. The Labute approximate surface area is 142 Å². The van der Waals surface area contributed by atoms with Crippen molar-refractivity contribution in [2.75, 3.05) is 5.75 Å². The van der Waals surface area contributed by atoms with Crippen molar-refractivity contribution in [1.82, 2.24) is 9.97 Å². The lowest BCUT2D eigenvalue weighted by molar-refractivity contribution is -0.109. The number of aromatic nitrogens is 2. The molecule has 2 aromatic heterocycles. The molecule has 0 bridgehead atoms. The molecule has 0 aliphatic rings. The van der Waals surface area contributed by atoms with Crippen molar-refractivity contribution in [3.63, 3.8) is 0 Å². The standard InChI is InChI=1S/C19H23N2OS/c1-16(22)23-15-10-17(2-4-18-6-11-20-12-7-18)3-5-19-8-13-21-14-9-19/h4,6-9,11-14,17H,2-3,5,10,15H2,1H3. The van der Waals surface area contributed by atoms with Gasteiger partial charge in [-0.25, -0.2) is 0 Å². The summed E-state index contributed by atoms with van der Waals surface area (Å²) in [6, 6.07) is 8.22. The summed E-state index contributed by atoms with van der Waals surface area (Å²) in [7, 11) is 0. The number of carbonyl (C=O) groups is 1. The number of thioether (sulfide) groups is 1. The van der Waals surface area contributed by atoms with Gasteiger partial charge in [0, 0.05) is 37.5 Å². The molecule has 2 aromatic rings. The molecule has 2 rings (SSSR count). The lowest BCUT2D eigenvalue weighted by Gasteiger charge is -2.16. The van der Waals surface area contributed by atoms with E-state index in [2.05, 4.69) is 28.5 Å². The molecular formula is C19H23N2OS. The van der Waals surface area contributed by atoms with Crippen molar-refractivity contribution in [3.8, 4) is 0 Å². The molecule has 23 heavy (non-hydrogen) atoms. The number of nitrogens with zero attached hydrogens (tertiary/aromatic N) is 2. The third-order valence-corrected chi connectivity index (χ3v) is 4.66. The van der Waals surface area contributed by atoms with Gasteiger partial charge < -0.3 is 0 Å². The van der Waals surface area contributed by atoms with E-state index in [1.807, 2.05) is 36.9 Å². The molecule has 0 spiro atoms. The molecule has 3 nitrogen and oxygen atoms in total. The molecular weight excluding hydrogens is 304 g/mol. The molecule has 0 saturated carbocycles. The van der Waals surface area contributed by atoms with Gasteiger partial charge in [0.25, 0.3) is 0 Å². The molecule has 121 valence electrons. The third kappa shape index (κ3) is 7.42. The van der Waals surface area contributed by atoms with Gasteiger partial charge in [-0.3, -0.25) is 14.8 Å². The third-order valence-electron chi connectivity index (χ3n) is 3.82. The van der Waals surface area contributed by atoms with E-state index in [4.69, 9.17) is 0 Å². The zero-order chi connectivity index (χ0) is 16.3. The van der Waals surface area contributed by atoms with E-state index in [1.165, 1.54) is 22.9 Å². The Balaban J connectivity index is 1.84. The zero-order valence-corrected chi connectivity index (χ0v) is 14.3. The van der Waals surface area contributed by atoms with Gasteiger partial charge in [0.1, 0.15) is 0 Å². The lowest BCUT2D eigenvalue weighted by Crippen LogP contribution is -2.06. The first-order valence-corrected chi connectivity index (χ1v) is 8.98. The molecule has 0 aliphatic carbocycles. The summed E-state index contributed by atoms with van der Waals surface area (Å²) in [4.78, 5) is 19.2. The first-order valence-electron chi connectivity index (χ1n) is 7.99. The van der Waals surface area contributed by atoms with Gasteiger partial charge in [-0.2, -0.15) is 0 Å². The maximum Gasteiger partial charge on any atom is 0.185 e. The predicted octanol–water partition coefficient (Wildman–Crippen LogP) is 4.34. The molecule has 0 saturated heterocycles. The maximum absolute atomic E-state index is 11.1. The predicted molar refractivity (Wildman–Crippen MR) is 96.1 cm³/mol. The molecule has 0 amide bonds. The lowest BCUT2D eigenvalue weighted by atomic mass is 9.91. The molecule has 1 atom stereocenters. The van der Waals surface area contributed by atoms with E-state index in [0.29, 0.717) is 5.92 Å². The minimum atomic E-state index is 0.205. The quantitative estimate of drug-likeness (QED) is 0.687. The van der Waals surface area contributed by atoms with Crippen LogP contribution in [0.2, 0.25) is 0 Å². The molecule has 1 radical (unpaired) electrons. The van der Waals surface area contributed by atoms with E-state index in [0.717, 1.165) is 31.4 Å². The van der Waals surface area contributed by atoms with E-state index < -0.39 is 0 Å². The van der Waals surface area contributed by atoms with Crippen molar-refractivity contribution >= 4 is 16.9 Å². The topological polar surface area (TPSA) is 42.9 Å². The summed E-state index contributed by atoms with van der Waals surface area (Å²) in [6.07, 6.45) is 13.9. The van der Waals surface area contributed by atoms with Crippen molar-refractivity contribution in [2.45, 2.75) is 32.6 Å². The molecule has 0 fully saturated rings. The summed E-state index contributed by atoms with van der Waals surface area (Å²) in [5, 5.41) is 0.205. The molecule has 1 unspecified atom stereocenters. The first kappa shape index (κ1) is 17.7. The average molecular weight is 327 g/mol. The van der Waals surface area contributed by atoms with Crippen LogP contribution in [0.15, 0.2) is 49.1 Å². The van der Waals surface area contributed by atoms with Gasteiger partial charge in [-0.1, -0.05) is 11.8 Å². The van der Waals surface area contributed by atoms with Crippen LogP contribution in [0.4, 0.5) is 0 Å². The van der Waals surface area contributed by atoms with Crippen LogP contribution in [0, 0.1) is 12.3 Å². The van der Waals surface area contributed by atoms with Crippen molar-refractivity contribution < 1.29 is 4.79 Å². The van der Waals surface area contributed by atoms with Gasteiger partial charge in [-0.15, -0.1) is 0 Å². The fourth-order valence-corrected chi connectivity index (χ4v) is 3.21. The maximum atomic E-state index is 11.1. The van der Waals surface area contributed by atoms with Crippen LogP contribution in [0.25, 0.3) is 0 Å². The second kappa shape index (κ2) is 10.2. The van der Waals surface area contributed by atoms with Gasteiger partial charge in [0.05, 0.1) is 0 Å². The number of rotatable bonds is 9. The Kier molecular flexibility index (Phi) is 7.81. The van der Waals surface area contributed by atoms with E-state index in [-0.39, 0.29) is 5.12 Å². The number of hydrogen-bond donors (Lipinski definition) is 0. The first-order chi connectivity index (χ1) is 11.2. The number of aryl methyl sites for hydroxylation is 1. The van der Waals surface area contributed by atoms with Crippen LogP contribution in [0.1, 0.15) is 37.3 Å².